The number of amides is 1. The first-order chi connectivity index (χ1) is 11.6. The van der Waals surface area contributed by atoms with E-state index in [0.717, 1.165) is 5.56 Å². The molecule has 0 saturated carbocycles. The number of anilines is 1. The van der Waals surface area contributed by atoms with Gasteiger partial charge in [0.2, 0.25) is 0 Å². The van der Waals surface area contributed by atoms with Crippen LogP contribution in [-0.2, 0) is 13.1 Å². The van der Waals surface area contributed by atoms with E-state index in [-0.39, 0.29) is 5.91 Å². The Labute approximate surface area is 149 Å². The van der Waals surface area contributed by atoms with Crippen LogP contribution in [0.5, 0.6) is 0 Å². The third kappa shape index (κ3) is 3.60. The molecule has 124 valence electrons. The van der Waals surface area contributed by atoms with E-state index < -0.39 is 0 Å². The summed E-state index contributed by atoms with van der Waals surface area (Å²) in [6.07, 6.45) is 3.24. The number of benzene rings is 1. The van der Waals surface area contributed by atoms with Crippen molar-refractivity contribution in [1.82, 2.24) is 19.6 Å². The standard InChI is InChI=1S/C16H15Cl2N5O/c1-2-23-15(13(18)9-19-23)16(24)20-14-6-7-22(21-14)10-11-4-3-5-12(17)8-11/h3-9H,2,10H2,1H3,(H,20,21,24). The van der Waals surface area contributed by atoms with Crippen LogP contribution in [0.2, 0.25) is 10.0 Å². The molecule has 1 amide bonds. The van der Waals surface area contributed by atoms with Crippen molar-refractivity contribution in [2.75, 3.05) is 5.32 Å². The molecule has 24 heavy (non-hydrogen) atoms. The van der Waals surface area contributed by atoms with Crippen LogP contribution in [0.25, 0.3) is 0 Å². The molecule has 0 aliphatic carbocycles. The molecule has 0 aliphatic heterocycles. The van der Waals surface area contributed by atoms with Gasteiger partial charge in [0.1, 0.15) is 5.69 Å². The maximum atomic E-state index is 12.4. The molecule has 0 aliphatic rings. The lowest BCUT2D eigenvalue weighted by molar-refractivity contribution is 0.101. The lowest BCUT2D eigenvalue weighted by Crippen LogP contribution is -2.18. The van der Waals surface area contributed by atoms with Gasteiger partial charge < -0.3 is 5.32 Å². The SMILES string of the molecule is CCn1ncc(Cl)c1C(=O)Nc1ccn(Cc2cccc(Cl)c2)n1. The third-order valence-corrected chi connectivity index (χ3v) is 3.94. The van der Waals surface area contributed by atoms with E-state index in [9.17, 15) is 4.79 Å². The summed E-state index contributed by atoms with van der Waals surface area (Å²) < 4.78 is 3.26. The molecule has 0 saturated heterocycles. The fourth-order valence-corrected chi connectivity index (χ4v) is 2.78. The van der Waals surface area contributed by atoms with Crippen LogP contribution in [0.4, 0.5) is 5.82 Å². The molecule has 0 spiro atoms. The van der Waals surface area contributed by atoms with Gasteiger partial charge in [-0.3, -0.25) is 14.2 Å². The molecular formula is C16H15Cl2N5O. The maximum Gasteiger partial charge on any atom is 0.276 e. The van der Waals surface area contributed by atoms with Crippen LogP contribution in [-0.4, -0.2) is 25.5 Å². The molecule has 0 atom stereocenters. The minimum absolute atomic E-state index is 0.313. The van der Waals surface area contributed by atoms with E-state index in [1.165, 1.54) is 6.20 Å². The quantitative estimate of drug-likeness (QED) is 0.751. The Morgan fingerprint density at radius 3 is 2.88 bits per heavy atom. The van der Waals surface area contributed by atoms with E-state index >= 15 is 0 Å². The first-order valence-electron chi connectivity index (χ1n) is 7.37. The number of hydrogen-bond donors (Lipinski definition) is 1. The van der Waals surface area contributed by atoms with Gasteiger partial charge in [-0.1, -0.05) is 35.3 Å². The molecule has 3 rings (SSSR count). The number of hydrogen-bond acceptors (Lipinski definition) is 3. The first kappa shape index (κ1) is 16.5. The summed E-state index contributed by atoms with van der Waals surface area (Å²) in [7, 11) is 0. The first-order valence-corrected chi connectivity index (χ1v) is 8.13. The van der Waals surface area contributed by atoms with Crippen LogP contribution < -0.4 is 5.32 Å². The number of aryl methyl sites for hydroxylation is 1. The summed E-state index contributed by atoms with van der Waals surface area (Å²) in [6.45, 7) is 3.00. The zero-order valence-corrected chi connectivity index (χ0v) is 14.4. The predicted molar refractivity (Wildman–Crippen MR) is 93.6 cm³/mol. The Bertz CT molecular complexity index is 871. The molecular weight excluding hydrogens is 349 g/mol. The Morgan fingerprint density at radius 1 is 1.29 bits per heavy atom. The summed E-state index contributed by atoms with van der Waals surface area (Å²) in [5.41, 5.74) is 1.35. The van der Waals surface area contributed by atoms with Crippen LogP contribution >= 0.6 is 23.2 Å². The second-order valence-corrected chi connectivity index (χ2v) is 5.98. The van der Waals surface area contributed by atoms with Gasteiger partial charge in [-0.15, -0.1) is 0 Å². The number of carbonyl (C=O) groups excluding carboxylic acids is 1. The summed E-state index contributed by atoms with van der Waals surface area (Å²) in [4.78, 5) is 12.4. The summed E-state index contributed by atoms with van der Waals surface area (Å²) in [6, 6.07) is 9.27. The van der Waals surface area contributed by atoms with Crippen LogP contribution in [0, 0.1) is 0 Å². The molecule has 0 unspecified atom stereocenters. The highest BCUT2D eigenvalue weighted by molar-refractivity contribution is 6.34. The minimum atomic E-state index is -0.340. The Balaban J connectivity index is 1.72. The van der Waals surface area contributed by atoms with E-state index in [1.807, 2.05) is 31.2 Å². The average Bonchev–Trinajstić information content (AvgIpc) is 3.13. The average molecular weight is 364 g/mol. The van der Waals surface area contributed by atoms with E-state index in [4.69, 9.17) is 23.2 Å². The topological polar surface area (TPSA) is 64.7 Å². The van der Waals surface area contributed by atoms with Gasteiger partial charge in [-0.25, -0.2) is 0 Å². The van der Waals surface area contributed by atoms with Crippen molar-refractivity contribution in [3.05, 3.63) is 64.0 Å². The largest absolute Gasteiger partial charge is 0.304 e. The highest BCUT2D eigenvalue weighted by Gasteiger charge is 2.17. The van der Waals surface area contributed by atoms with Crippen LogP contribution in [0.15, 0.2) is 42.7 Å². The van der Waals surface area contributed by atoms with E-state index in [0.29, 0.717) is 34.6 Å². The summed E-state index contributed by atoms with van der Waals surface area (Å²) >= 11 is 12.0. The lowest BCUT2D eigenvalue weighted by Gasteiger charge is -2.05. The van der Waals surface area contributed by atoms with Gasteiger partial charge in [0, 0.05) is 23.8 Å². The van der Waals surface area contributed by atoms with Gasteiger partial charge >= 0.3 is 0 Å². The van der Waals surface area contributed by atoms with Gasteiger partial charge in [-0.05, 0) is 24.6 Å². The Morgan fingerprint density at radius 2 is 2.12 bits per heavy atom. The highest BCUT2D eigenvalue weighted by Crippen LogP contribution is 2.17. The van der Waals surface area contributed by atoms with E-state index in [1.54, 1.807) is 21.6 Å². The molecule has 0 bridgehead atoms. The normalized spacial score (nSPS) is 10.8. The highest BCUT2D eigenvalue weighted by atomic mass is 35.5. The Hall–Kier alpha value is -2.31. The van der Waals surface area contributed by atoms with Crippen molar-refractivity contribution in [3.8, 4) is 0 Å². The maximum absolute atomic E-state index is 12.4. The minimum Gasteiger partial charge on any atom is -0.304 e. The monoisotopic (exact) mass is 363 g/mol. The molecule has 2 aromatic heterocycles. The van der Waals surface area contributed by atoms with Crippen molar-refractivity contribution in [2.24, 2.45) is 0 Å². The fourth-order valence-electron chi connectivity index (χ4n) is 2.34. The number of halogens is 2. The van der Waals surface area contributed by atoms with Gasteiger partial charge in [0.05, 0.1) is 17.8 Å². The zero-order chi connectivity index (χ0) is 17.1. The molecule has 0 fully saturated rings. The number of nitrogens with one attached hydrogen (secondary N) is 1. The van der Waals surface area contributed by atoms with Crippen LogP contribution in [0.3, 0.4) is 0 Å². The Kier molecular flexibility index (Phi) is 4.87. The number of nitrogens with zero attached hydrogens (tertiary/aromatic N) is 4. The van der Waals surface area contributed by atoms with Crippen molar-refractivity contribution >= 4 is 34.9 Å². The van der Waals surface area contributed by atoms with Crippen LogP contribution in [0.1, 0.15) is 23.0 Å². The molecule has 1 aromatic carbocycles. The molecule has 3 aromatic rings. The van der Waals surface area contributed by atoms with Crippen molar-refractivity contribution in [2.45, 2.75) is 20.0 Å². The fraction of sp³-hybridized carbons (Fsp3) is 0.188. The third-order valence-electron chi connectivity index (χ3n) is 3.43. The summed E-state index contributed by atoms with van der Waals surface area (Å²) in [5, 5.41) is 12.1. The predicted octanol–water partition coefficient (Wildman–Crippen LogP) is 3.71. The molecule has 2 heterocycles. The van der Waals surface area contributed by atoms with Gasteiger partial charge in [-0.2, -0.15) is 10.2 Å². The molecule has 0 radical (unpaired) electrons. The second-order valence-electron chi connectivity index (χ2n) is 5.14. The molecule has 1 N–H and O–H groups in total. The smallest absolute Gasteiger partial charge is 0.276 e. The summed E-state index contributed by atoms with van der Waals surface area (Å²) in [5.74, 6) is 0.106. The number of rotatable bonds is 5. The lowest BCUT2D eigenvalue weighted by atomic mass is 10.2. The van der Waals surface area contributed by atoms with Gasteiger partial charge in [0.15, 0.2) is 5.82 Å². The molecule has 6 nitrogen and oxygen atoms in total. The van der Waals surface area contributed by atoms with Crippen molar-refractivity contribution in [3.63, 3.8) is 0 Å². The second kappa shape index (κ2) is 7.07. The molecule has 8 heteroatoms. The van der Waals surface area contributed by atoms with Crippen molar-refractivity contribution < 1.29 is 4.79 Å². The number of carbonyl (C=O) groups is 1. The van der Waals surface area contributed by atoms with E-state index in [2.05, 4.69) is 15.5 Å². The van der Waals surface area contributed by atoms with Gasteiger partial charge in [0.25, 0.3) is 5.91 Å². The zero-order valence-electron chi connectivity index (χ0n) is 12.9. The van der Waals surface area contributed by atoms with Crippen molar-refractivity contribution in [1.29, 1.82) is 0 Å². The number of aromatic nitrogens is 4.